The largest absolute Gasteiger partial charge is 0.370 e. The number of nitrogens with one attached hydrogen (secondary N) is 1. The van der Waals surface area contributed by atoms with Crippen LogP contribution in [-0.4, -0.2) is 21.5 Å². The first-order chi connectivity index (χ1) is 10.3. The van der Waals surface area contributed by atoms with Gasteiger partial charge < -0.3 is 5.32 Å². The second-order valence-electron chi connectivity index (χ2n) is 5.27. The summed E-state index contributed by atoms with van der Waals surface area (Å²) in [4.78, 5) is 13.4. The first kappa shape index (κ1) is 13.9. The second-order valence-corrected chi connectivity index (χ2v) is 5.27. The van der Waals surface area contributed by atoms with E-state index in [1.54, 1.807) is 6.07 Å². The molecule has 2 aromatic rings. The number of fused-ring (bicyclic) bond motifs is 1. The maximum Gasteiger partial charge on any atom is 0.180 e. The summed E-state index contributed by atoms with van der Waals surface area (Å²) in [6, 6.07) is 3.02. The predicted octanol–water partition coefficient (Wildman–Crippen LogP) is 3.38. The Morgan fingerprint density at radius 2 is 2.00 bits per heavy atom. The molecule has 3 rings (SSSR count). The third kappa shape index (κ3) is 3.01. The van der Waals surface area contributed by atoms with Gasteiger partial charge in [-0.15, -0.1) is 0 Å². The molecule has 0 radical (unpaired) electrons. The van der Waals surface area contributed by atoms with Crippen LogP contribution in [0.25, 0.3) is 11.5 Å². The molecule has 21 heavy (non-hydrogen) atoms. The zero-order chi connectivity index (χ0) is 14.7. The summed E-state index contributed by atoms with van der Waals surface area (Å²) in [5.41, 5.74) is 2.96. The minimum Gasteiger partial charge on any atom is -0.370 e. The minimum absolute atomic E-state index is 0.347. The van der Waals surface area contributed by atoms with E-state index in [9.17, 15) is 4.39 Å². The number of nitrogens with zero attached hydrogens (tertiary/aromatic N) is 3. The number of aromatic nitrogens is 3. The highest BCUT2D eigenvalue weighted by Gasteiger charge is 2.17. The third-order valence-electron chi connectivity index (χ3n) is 3.73. The van der Waals surface area contributed by atoms with Gasteiger partial charge in [0, 0.05) is 17.8 Å². The molecule has 0 saturated heterocycles. The lowest BCUT2D eigenvalue weighted by molar-refractivity contribution is 0.621. The zero-order valence-corrected chi connectivity index (χ0v) is 12.2. The summed E-state index contributed by atoms with van der Waals surface area (Å²) in [5, 5.41) is 3.33. The fraction of sp³-hybridized carbons (Fsp3) is 0.438. The minimum atomic E-state index is -0.347. The lowest BCUT2D eigenvalue weighted by atomic mass is 10.1. The number of pyridine rings is 1. The Morgan fingerprint density at radius 3 is 2.76 bits per heavy atom. The van der Waals surface area contributed by atoms with Gasteiger partial charge in [0.25, 0.3) is 0 Å². The van der Waals surface area contributed by atoms with Gasteiger partial charge in [0.1, 0.15) is 17.3 Å². The van der Waals surface area contributed by atoms with Crippen molar-refractivity contribution in [3.63, 3.8) is 0 Å². The van der Waals surface area contributed by atoms with E-state index in [2.05, 4.69) is 27.2 Å². The topological polar surface area (TPSA) is 50.7 Å². The number of hydrogen-bond acceptors (Lipinski definition) is 4. The quantitative estimate of drug-likeness (QED) is 0.879. The van der Waals surface area contributed by atoms with Crippen molar-refractivity contribution in [3.8, 4) is 11.5 Å². The molecule has 1 aliphatic rings. The lowest BCUT2D eigenvalue weighted by Gasteiger charge is -2.13. The molecule has 1 N–H and O–H groups in total. The highest BCUT2D eigenvalue weighted by atomic mass is 19.1. The van der Waals surface area contributed by atoms with E-state index in [1.165, 1.54) is 30.7 Å². The lowest BCUT2D eigenvalue weighted by Crippen LogP contribution is -2.09. The van der Waals surface area contributed by atoms with Gasteiger partial charge in [-0.25, -0.2) is 19.3 Å². The maximum atomic E-state index is 13.0. The normalized spacial score (nSPS) is 14.4. The van der Waals surface area contributed by atoms with Gasteiger partial charge in [0.15, 0.2) is 5.82 Å². The van der Waals surface area contributed by atoms with Crippen molar-refractivity contribution in [1.82, 2.24) is 15.0 Å². The molecule has 0 unspecified atom stereocenters. The number of rotatable bonds is 3. The molecular weight excluding hydrogens is 267 g/mol. The maximum absolute atomic E-state index is 13.0. The smallest absolute Gasteiger partial charge is 0.180 e. The van der Waals surface area contributed by atoms with Crippen LogP contribution in [0.15, 0.2) is 18.3 Å². The van der Waals surface area contributed by atoms with Gasteiger partial charge in [-0.05, 0) is 44.7 Å². The first-order valence-electron chi connectivity index (χ1n) is 7.53. The summed E-state index contributed by atoms with van der Waals surface area (Å²) in [5.74, 6) is 1.14. The zero-order valence-electron chi connectivity index (χ0n) is 12.2. The van der Waals surface area contributed by atoms with Crippen LogP contribution in [0.2, 0.25) is 0 Å². The average Bonchev–Trinajstić information content (AvgIpc) is 2.73. The Labute approximate surface area is 123 Å². The van der Waals surface area contributed by atoms with Crippen LogP contribution in [0, 0.1) is 5.82 Å². The molecule has 5 heteroatoms. The van der Waals surface area contributed by atoms with E-state index in [0.29, 0.717) is 11.5 Å². The van der Waals surface area contributed by atoms with Crippen LogP contribution >= 0.6 is 0 Å². The summed E-state index contributed by atoms with van der Waals surface area (Å²) in [6.45, 7) is 2.88. The fourth-order valence-corrected chi connectivity index (χ4v) is 2.71. The molecule has 0 bridgehead atoms. The van der Waals surface area contributed by atoms with E-state index in [4.69, 9.17) is 0 Å². The number of hydrogen-bond donors (Lipinski definition) is 1. The number of anilines is 1. The molecule has 0 aliphatic heterocycles. The number of aryl methyl sites for hydroxylation is 1. The molecule has 1 aliphatic carbocycles. The van der Waals surface area contributed by atoms with Crippen LogP contribution in [0.4, 0.5) is 10.2 Å². The van der Waals surface area contributed by atoms with Crippen LogP contribution in [-0.2, 0) is 12.8 Å². The van der Waals surface area contributed by atoms with Crippen LogP contribution in [0.3, 0.4) is 0 Å². The monoisotopic (exact) mass is 286 g/mol. The summed E-state index contributed by atoms with van der Waals surface area (Å²) in [6.07, 6.45) is 6.78. The Morgan fingerprint density at radius 1 is 1.14 bits per heavy atom. The average molecular weight is 286 g/mol. The standard InChI is InChI=1S/C16H19FN4/c1-2-18-15-12-6-4-3-5-7-13(12)20-16(21-15)14-9-8-11(17)10-19-14/h8-10H,2-7H2,1H3,(H,18,20,21). The van der Waals surface area contributed by atoms with Crippen LogP contribution in [0.5, 0.6) is 0 Å². The SMILES string of the molecule is CCNc1nc(-c2ccc(F)cn2)nc2c1CCCCC2. The molecule has 0 amide bonds. The molecular formula is C16H19FN4. The van der Waals surface area contributed by atoms with Gasteiger partial charge in [-0.1, -0.05) is 6.42 Å². The van der Waals surface area contributed by atoms with E-state index >= 15 is 0 Å². The molecule has 0 saturated carbocycles. The van der Waals surface area contributed by atoms with Crippen LogP contribution in [0.1, 0.15) is 37.4 Å². The first-order valence-corrected chi connectivity index (χ1v) is 7.53. The molecule has 2 aromatic heterocycles. The van der Waals surface area contributed by atoms with Crippen molar-refractivity contribution in [1.29, 1.82) is 0 Å². The molecule has 0 spiro atoms. The summed E-state index contributed by atoms with van der Waals surface area (Å²) >= 11 is 0. The van der Waals surface area contributed by atoms with E-state index in [0.717, 1.165) is 37.3 Å². The molecule has 4 nitrogen and oxygen atoms in total. The molecule has 0 aromatic carbocycles. The Bertz CT molecular complexity index is 625. The Balaban J connectivity index is 2.07. The molecule has 110 valence electrons. The third-order valence-corrected chi connectivity index (χ3v) is 3.73. The van der Waals surface area contributed by atoms with E-state index in [-0.39, 0.29) is 5.82 Å². The van der Waals surface area contributed by atoms with Crippen molar-refractivity contribution in [2.24, 2.45) is 0 Å². The predicted molar refractivity (Wildman–Crippen MR) is 80.6 cm³/mol. The van der Waals surface area contributed by atoms with Crippen molar-refractivity contribution in [3.05, 3.63) is 35.4 Å². The van der Waals surface area contributed by atoms with Crippen molar-refractivity contribution < 1.29 is 4.39 Å². The summed E-state index contributed by atoms with van der Waals surface area (Å²) < 4.78 is 13.0. The number of halogens is 1. The molecule has 0 fully saturated rings. The van der Waals surface area contributed by atoms with Gasteiger partial charge in [0.2, 0.25) is 0 Å². The second kappa shape index (κ2) is 6.16. The Hall–Kier alpha value is -2.04. The highest BCUT2D eigenvalue weighted by Crippen LogP contribution is 2.27. The van der Waals surface area contributed by atoms with E-state index in [1.807, 2.05) is 0 Å². The summed E-state index contributed by atoms with van der Waals surface area (Å²) in [7, 11) is 0. The van der Waals surface area contributed by atoms with E-state index < -0.39 is 0 Å². The molecule has 0 atom stereocenters. The molecule has 2 heterocycles. The Kier molecular flexibility index (Phi) is 4.08. The van der Waals surface area contributed by atoms with Gasteiger partial charge in [-0.2, -0.15) is 0 Å². The van der Waals surface area contributed by atoms with Crippen molar-refractivity contribution in [2.75, 3.05) is 11.9 Å². The van der Waals surface area contributed by atoms with Crippen LogP contribution < -0.4 is 5.32 Å². The van der Waals surface area contributed by atoms with Crippen molar-refractivity contribution >= 4 is 5.82 Å². The van der Waals surface area contributed by atoms with Gasteiger partial charge in [0.05, 0.1) is 6.20 Å². The fourth-order valence-electron chi connectivity index (χ4n) is 2.71. The highest BCUT2D eigenvalue weighted by molar-refractivity contribution is 5.57. The van der Waals surface area contributed by atoms with Gasteiger partial charge >= 0.3 is 0 Å². The van der Waals surface area contributed by atoms with Crippen molar-refractivity contribution in [2.45, 2.75) is 39.0 Å². The van der Waals surface area contributed by atoms with Gasteiger partial charge in [-0.3, -0.25) is 0 Å².